The van der Waals surface area contributed by atoms with Crippen molar-refractivity contribution in [2.45, 2.75) is 12.7 Å². The number of pyridine rings is 1. The molecule has 0 aliphatic rings. The highest BCUT2D eigenvalue weighted by molar-refractivity contribution is 7.13. The van der Waals surface area contributed by atoms with Crippen LogP contribution in [0.4, 0.5) is 24.8 Å². The predicted octanol–water partition coefficient (Wildman–Crippen LogP) is 2.26. The molecular weight excluding hydrogens is 501 g/mol. The van der Waals surface area contributed by atoms with E-state index in [4.69, 9.17) is 17.3 Å². The van der Waals surface area contributed by atoms with Crippen LogP contribution in [-0.4, -0.2) is 49.9 Å². The minimum Gasteiger partial charge on any atom is -0.503 e. The highest BCUT2D eigenvalue weighted by atomic mass is 35.5. The van der Waals surface area contributed by atoms with Gasteiger partial charge in [0.25, 0.3) is 11.8 Å². The molecular formula is C18H16ClF3N8O3S. The molecule has 11 nitrogen and oxygen atoms in total. The topological polar surface area (TPSA) is 168 Å². The molecule has 0 saturated carbocycles. The summed E-state index contributed by atoms with van der Waals surface area (Å²) in [5.41, 5.74) is 3.96. The smallest absolute Gasteiger partial charge is 0.418 e. The first-order valence-corrected chi connectivity index (χ1v) is 10.5. The highest BCUT2D eigenvalue weighted by Gasteiger charge is 2.34. The van der Waals surface area contributed by atoms with Gasteiger partial charge in [-0.2, -0.15) is 13.2 Å². The molecule has 0 spiro atoms. The Morgan fingerprint density at radius 3 is 2.62 bits per heavy atom. The maximum absolute atomic E-state index is 13.0. The number of halogens is 4. The van der Waals surface area contributed by atoms with E-state index in [2.05, 4.69) is 35.9 Å². The number of amides is 2. The van der Waals surface area contributed by atoms with Crippen molar-refractivity contribution >= 4 is 46.4 Å². The van der Waals surface area contributed by atoms with Gasteiger partial charge in [0.1, 0.15) is 22.0 Å². The molecule has 6 N–H and O–H groups in total. The van der Waals surface area contributed by atoms with E-state index < -0.39 is 34.3 Å². The number of hydrogen-bond acceptors (Lipinski definition) is 10. The van der Waals surface area contributed by atoms with Crippen LogP contribution in [0.15, 0.2) is 24.8 Å². The molecule has 180 valence electrons. The minimum atomic E-state index is -4.71. The average Bonchev–Trinajstić information content (AvgIpc) is 3.26. The molecule has 0 unspecified atom stereocenters. The van der Waals surface area contributed by atoms with Crippen LogP contribution in [-0.2, 0) is 12.7 Å². The van der Waals surface area contributed by atoms with Crippen molar-refractivity contribution in [3.63, 3.8) is 0 Å². The normalized spacial score (nSPS) is 11.2. The Morgan fingerprint density at radius 2 is 1.91 bits per heavy atom. The van der Waals surface area contributed by atoms with Crippen LogP contribution in [0.2, 0.25) is 5.02 Å². The second kappa shape index (κ2) is 10.6. The van der Waals surface area contributed by atoms with Gasteiger partial charge in [0.05, 0.1) is 23.3 Å². The lowest BCUT2D eigenvalue weighted by Crippen LogP contribution is -2.24. The lowest BCUT2D eigenvalue weighted by molar-refractivity contribution is -0.137. The van der Waals surface area contributed by atoms with Crippen LogP contribution in [0.5, 0.6) is 5.75 Å². The van der Waals surface area contributed by atoms with Crippen LogP contribution in [0.1, 0.15) is 30.7 Å². The molecule has 3 heterocycles. The largest absolute Gasteiger partial charge is 0.503 e. The van der Waals surface area contributed by atoms with Crippen LogP contribution < -0.4 is 21.7 Å². The van der Waals surface area contributed by atoms with Crippen LogP contribution in [0, 0.1) is 0 Å². The van der Waals surface area contributed by atoms with Crippen molar-refractivity contribution in [3.05, 3.63) is 51.0 Å². The summed E-state index contributed by atoms with van der Waals surface area (Å²) in [5.74, 6) is -2.23. The number of nitrogens with two attached hydrogens (primary N) is 1. The number of hydrogen-bond donors (Lipinski definition) is 5. The molecule has 0 saturated heterocycles. The summed E-state index contributed by atoms with van der Waals surface area (Å²) < 4.78 is 38.9. The fourth-order valence-corrected chi connectivity index (χ4v) is 3.47. The van der Waals surface area contributed by atoms with E-state index in [-0.39, 0.29) is 35.3 Å². The Bertz CT molecular complexity index is 1210. The van der Waals surface area contributed by atoms with Crippen LogP contribution in [0.25, 0.3) is 0 Å². The molecule has 0 aliphatic heterocycles. The maximum Gasteiger partial charge on any atom is 0.418 e. The van der Waals surface area contributed by atoms with E-state index in [1.807, 2.05) is 0 Å². The van der Waals surface area contributed by atoms with E-state index in [1.54, 1.807) is 0 Å². The lowest BCUT2D eigenvalue weighted by Gasteiger charge is -2.10. The molecule has 0 aromatic carbocycles. The second-order valence-corrected chi connectivity index (χ2v) is 7.96. The van der Waals surface area contributed by atoms with Gasteiger partial charge >= 0.3 is 6.18 Å². The number of rotatable bonds is 8. The molecule has 0 radical (unpaired) electrons. The fourth-order valence-electron chi connectivity index (χ4n) is 2.50. The number of alkyl halides is 3. The Labute approximate surface area is 198 Å². The number of aromatic nitrogens is 4. The SMILES string of the molecule is NCCNc1ncnc(C(=O)NCc2ncc(C(=O)Nc3cc(C(F)(F)F)c(Cl)cn3)s2)c1O. The summed E-state index contributed by atoms with van der Waals surface area (Å²) in [5, 5.41) is 17.3. The van der Waals surface area contributed by atoms with Crippen molar-refractivity contribution in [3.8, 4) is 5.75 Å². The van der Waals surface area contributed by atoms with Gasteiger partial charge in [0.2, 0.25) is 0 Å². The first-order chi connectivity index (χ1) is 16.1. The molecule has 0 atom stereocenters. The number of carbonyl (C=O) groups is 2. The van der Waals surface area contributed by atoms with Crippen molar-refractivity contribution in [1.29, 1.82) is 0 Å². The zero-order chi connectivity index (χ0) is 24.9. The molecule has 3 aromatic rings. The van der Waals surface area contributed by atoms with Gasteiger partial charge in [-0.15, -0.1) is 11.3 Å². The number of carbonyl (C=O) groups excluding carboxylic acids is 2. The molecule has 3 aromatic heterocycles. The van der Waals surface area contributed by atoms with Crippen LogP contribution >= 0.6 is 22.9 Å². The number of nitrogens with one attached hydrogen (secondary N) is 3. The Balaban J connectivity index is 1.63. The zero-order valence-electron chi connectivity index (χ0n) is 17.0. The standard InChI is InChI=1S/C18H16ClF3N8O3S/c19-9-4-25-11(3-8(9)18(20,21)22)30-16(32)10-5-26-12(34-10)6-27-17(33)13-14(31)15(24-2-1-23)29-7-28-13/h3-5,7,31H,1-2,6,23H2,(H,27,33)(H,24,28,29)(H,25,30,32). The van der Waals surface area contributed by atoms with E-state index in [1.165, 1.54) is 6.20 Å². The Kier molecular flexibility index (Phi) is 7.80. The van der Waals surface area contributed by atoms with Gasteiger partial charge in [0.15, 0.2) is 17.3 Å². The third-order valence-electron chi connectivity index (χ3n) is 4.05. The zero-order valence-corrected chi connectivity index (χ0v) is 18.6. The van der Waals surface area contributed by atoms with Gasteiger partial charge in [-0.1, -0.05) is 11.6 Å². The summed E-state index contributed by atoms with van der Waals surface area (Å²) >= 11 is 6.41. The van der Waals surface area contributed by atoms with E-state index >= 15 is 0 Å². The van der Waals surface area contributed by atoms with Gasteiger partial charge in [0, 0.05) is 19.3 Å². The van der Waals surface area contributed by atoms with Gasteiger partial charge < -0.3 is 26.8 Å². The molecule has 0 bridgehead atoms. The maximum atomic E-state index is 13.0. The summed E-state index contributed by atoms with van der Waals surface area (Å²) in [6.07, 6.45) is -1.64. The molecule has 0 fully saturated rings. The monoisotopic (exact) mass is 516 g/mol. The molecule has 2 amide bonds. The quantitative estimate of drug-likeness (QED) is 0.301. The van der Waals surface area contributed by atoms with Crippen molar-refractivity contribution in [1.82, 2.24) is 25.3 Å². The summed E-state index contributed by atoms with van der Waals surface area (Å²) in [6.45, 7) is 0.490. The van der Waals surface area contributed by atoms with E-state index in [0.717, 1.165) is 23.9 Å². The second-order valence-electron chi connectivity index (χ2n) is 6.44. The van der Waals surface area contributed by atoms with E-state index in [9.17, 15) is 27.9 Å². The lowest BCUT2D eigenvalue weighted by atomic mass is 10.2. The number of anilines is 2. The molecule has 16 heteroatoms. The Hall–Kier alpha value is -3.56. The summed E-state index contributed by atoms with van der Waals surface area (Å²) in [6, 6.07) is 0.618. The van der Waals surface area contributed by atoms with Gasteiger partial charge in [-0.05, 0) is 6.07 Å². The number of aromatic hydroxyl groups is 1. The van der Waals surface area contributed by atoms with Gasteiger partial charge in [-0.3, -0.25) is 9.59 Å². The first-order valence-electron chi connectivity index (χ1n) is 9.35. The first kappa shape index (κ1) is 25.1. The molecule has 34 heavy (non-hydrogen) atoms. The van der Waals surface area contributed by atoms with Crippen molar-refractivity contribution in [2.75, 3.05) is 23.7 Å². The average molecular weight is 517 g/mol. The van der Waals surface area contributed by atoms with Crippen molar-refractivity contribution < 1.29 is 27.9 Å². The van der Waals surface area contributed by atoms with Crippen LogP contribution in [0.3, 0.4) is 0 Å². The van der Waals surface area contributed by atoms with Crippen molar-refractivity contribution in [2.24, 2.45) is 5.73 Å². The number of nitrogens with zero attached hydrogens (tertiary/aromatic N) is 4. The predicted molar refractivity (Wildman–Crippen MR) is 117 cm³/mol. The highest BCUT2D eigenvalue weighted by Crippen LogP contribution is 2.35. The van der Waals surface area contributed by atoms with Gasteiger partial charge in [-0.25, -0.2) is 19.9 Å². The summed E-state index contributed by atoms with van der Waals surface area (Å²) in [4.78, 5) is 40.0. The Morgan fingerprint density at radius 1 is 1.15 bits per heavy atom. The fraction of sp³-hybridized carbons (Fsp3) is 0.222. The summed E-state index contributed by atoms with van der Waals surface area (Å²) in [7, 11) is 0. The van der Waals surface area contributed by atoms with E-state index in [0.29, 0.717) is 17.6 Å². The number of thiazole rings is 1. The minimum absolute atomic E-state index is 0.0447. The molecule has 3 rings (SSSR count). The third-order valence-corrected chi connectivity index (χ3v) is 5.35. The molecule has 0 aliphatic carbocycles. The third kappa shape index (κ3) is 6.06.